The third-order valence-corrected chi connectivity index (χ3v) is 6.21. The predicted octanol–water partition coefficient (Wildman–Crippen LogP) is 6.15. The minimum atomic E-state index is -0.972. The summed E-state index contributed by atoms with van der Waals surface area (Å²) in [6, 6.07) is 2.92. The molecule has 26 heavy (non-hydrogen) atoms. The van der Waals surface area contributed by atoms with Gasteiger partial charge in [-0.25, -0.2) is 0 Å². The van der Waals surface area contributed by atoms with Crippen LogP contribution in [0.4, 0.5) is 8.78 Å². The Hall–Kier alpha value is -1.58. The number of halogens is 2. The van der Waals surface area contributed by atoms with Gasteiger partial charge in [0.15, 0.2) is 11.5 Å². The zero-order valence-electron chi connectivity index (χ0n) is 15.7. The molecule has 0 bridgehead atoms. The zero-order valence-corrected chi connectivity index (χ0v) is 15.7. The van der Waals surface area contributed by atoms with Crippen molar-refractivity contribution in [2.75, 3.05) is 13.2 Å². The molecule has 0 saturated heterocycles. The third kappa shape index (κ3) is 4.05. The second-order valence-corrected chi connectivity index (χ2v) is 7.72. The fourth-order valence-electron chi connectivity index (χ4n) is 4.96. The van der Waals surface area contributed by atoms with Crippen LogP contribution in [0.2, 0.25) is 0 Å². The topological polar surface area (TPSA) is 18.5 Å². The lowest BCUT2D eigenvalue weighted by atomic mass is 9.87. The highest BCUT2D eigenvalue weighted by molar-refractivity contribution is 5.35. The van der Waals surface area contributed by atoms with Crippen molar-refractivity contribution < 1.29 is 18.3 Å². The standard InChI is InChI=1S/C22H30F2O2/c1-3-5-13-25-19-11-12-20(22(24)21(19)23)26-14-16-8-10-17-15(6-4-2)7-9-18(16)17/h3,11-12,15-18H,1,4-10,13-14H2,2H3. The molecule has 0 spiro atoms. The lowest BCUT2D eigenvalue weighted by Crippen LogP contribution is -2.19. The molecule has 1 aromatic carbocycles. The van der Waals surface area contributed by atoms with E-state index in [9.17, 15) is 8.78 Å². The third-order valence-electron chi connectivity index (χ3n) is 6.21. The van der Waals surface area contributed by atoms with Crippen LogP contribution >= 0.6 is 0 Å². The molecule has 1 aromatic rings. The van der Waals surface area contributed by atoms with E-state index in [4.69, 9.17) is 9.47 Å². The van der Waals surface area contributed by atoms with Crippen LogP contribution in [0.5, 0.6) is 11.5 Å². The number of hydrogen-bond donors (Lipinski definition) is 0. The summed E-state index contributed by atoms with van der Waals surface area (Å²) < 4.78 is 39.4. The monoisotopic (exact) mass is 364 g/mol. The van der Waals surface area contributed by atoms with Gasteiger partial charge in [-0.3, -0.25) is 0 Å². The molecule has 4 heteroatoms. The van der Waals surface area contributed by atoms with Gasteiger partial charge in [-0.15, -0.1) is 6.58 Å². The Kier molecular flexibility index (Phi) is 6.55. The summed E-state index contributed by atoms with van der Waals surface area (Å²) in [5.41, 5.74) is 0. The van der Waals surface area contributed by atoms with Gasteiger partial charge in [-0.05, 0) is 67.9 Å². The number of rotatable bonds is 9. The molecule has 2 fully saturated rings. The highest BCUT2D eigenvalue weighted by Gasteiger charge is 2.44. The molecule has 0 N–H and O–H groups in total. The summed E-state index contributed by atoms with van der Waals surface area (Å²) in [6.45, 7) is 6.59. The van der Waals surface area contributed by atoms with Gasteiger partial charge >= 0.3 is 0 Å². The fraction of sp³-hybridized carbons (Fsp3) is 0.636. The molecule has 0 radical (unpaired) electrons. The first-order chi connectivity index (χ1) is 12.7. The lowest BCUT2D eigenvalue weighted by Gasteiger charge is -2.21. The molecular weight excluding hydrogens is 334 g/mol. The highest BCUT2D eigenvalue weighted by atomic mass is 19.2. The van der Waals surface area contributed by atoms with E-state index in [1.807, 2.05) is 0 Å². The van der Waals surface area contributed by atoms with Crippen molar-refractivity contribution in [3.8, 4) is 11.5 Å². The van der Waals surface area contributed by atoms with Crippen LogP contribution in [0, 0.1) is 35.3 Å². The Morgan fingerprint density at radius 3 is 2.27 bits per heavy atom. The Bertz CT molecular complexity index is 616. The van der Waals surface area contributed by atoms with E-state index in [0.717, 1.165) is 18.3 Å². The maximum Gasteiger partial charge on any atom is 0.204 e. The van der Waals surface area contributed by atoms with Crippen molar-refractivity contribution in [3.05, 3.63) is 36.4 Å². The van der Waals surface area contributed by atoms with Crippen LogP contribution in [-0.2, 0) is 0 Å². The molecule has 0 aromatic heterocycles. The van der Waals surface area contributed by atoms with E-state index in [0.29, 0.717) is 24.9 Å². The summed E-state index contributed by atoms with van der Waals surface area (Å²) in [4.78, 5) is 0. The van der Waals surface area contributed by atoms with Gasteiger partial charge in [0.1, 0.15) is 0 Å². The van der Waals surface area contributed by atoms with Crippen molar-refractivity contribution in [2.45, 2.75) is 51.9 Å². The average Bonchev–Trinajstić information content (AvgIpc) is 3.22. The van der Waals surface area contributed by atoms with Gasteiger partial charge < -0.3 is 9.47 Å². The predicted molar refractivity (Wildman–Crippen MR) is 99.5 cm³/mol. The van der Waals surface area contributed by atoms with E-state index in [2.05, 4.69) is 13.5 Å². The molecular formula is C22H30F2O2. The number of benzene rings is 1. The Morgan fingerprint density at radius 2 is 1.62 bits per heavy atom. The van der Waals surface area contributed by atoms with Crippen LogP contribution in [0.25, 0.3) is 0 Å². The van der Waals surface area contributed by atoms with Gasteiger partial charge in [-0.2, -0.15) is 8.78 Å². The molecule has 0 amide bonds. The van der Waals surface area contributed by atoms with Crippen molar-refractivity contribution in [1.29, 1.82) is 0 Å². The number of ether oxygens (including phenoxy) is 2. The van der Waals surface area contributed by atoms with Crippen LogP contribution in [0.3, 0.4) is 0 Å². The zero-order chi connectivity index (χ0) is 18.5. The minimum Gasteiger partial charge on any atom is -0.490 e. The van der Waals surface area contributed by atoms with Crippen molar-refractivity contribution >= 4 is 0 Å². The molecule has 2 nitrogen and oxygen atoms in total. The largest absolute Gasteiger partial charge is 0.490 e. The smallest absolute Gasteiger partial charge is 0.204 e. The van der Waals surface area contributed by atoms with E-state index in [1.54, 1.807) is 6.08 Å². The van der Waals surface area contributed by atoms with Crippen molar-refractivity contribution in [2.24, 2.45) is 23.7 Å². The Morgan fingerprint density at radius 1 is 1.00 bits per heavy atom. The van der Waals surface area contributed by atoms with Gasteiger partial charge in [0, 0.05) is 0 Å². The van der Waals surface area contributed by atoms with Gasteiger partial charge in [0.25, 0.3) is 0 Å². The van der Waals surface area contributed by atoms with Gasteiger partial charge in [0.05, 0.1) is 13.2 Å². The Labute approximate surface area is 155 Å². The lowest BCUT2D eigenvalue weighted by molar-refractivity contribution is 0.193. The quantitative estimate of drug-likeness (QED) is 0.386. The van der Waals surface area contributed by atoms with Crippen LogP contribution < -0.4 is 9.47 Å². The van der Waals surface area contributed by atoms with E-state index in [-0.39, 0.29) is 18.1 Å². The van der Waals surface area contributed by atoms with Crippen LogP contribution in [0.1, 0.15) is 51.9 Å². The first-order valence-corrected chi connectivity index (χ1v) is 10.00. The van der Waals surface area contributed by atoms with Gasteiger partial charge in [-0.1, -0.05) is 25.8 Å². The van der Waals surface area contributed by atoms with Crippen molar-refractivity contribution in [3.63, 3.8) is 0 Å². The average molecular weight is 364 g/mol. The fourth-order valence-corrected chi connectivity index (χ4v) is 4.96. The second-order valence-electron chi connectivity index (χ2n) is 7.72. The van der Waals surface area contributed by atoms with E-state index in [1.165, 1.54) is 44.2 Å². The summed E-state index contributed by atoms with van der Waals surface area (Å²) in [5, 5.41) is 0. The van der Waals surface area contributed by atoms with E-state index < -0.39 is 11.6 Å². The highest BCUT2D eigenvalue weighted by Crippen LogP contribution is 2.52. The molecule has 2 saturated carbocycles. The molecule has 0 heterocycles. The minimum absolute atomic E-state index is 0.00914. The Balaban J connectivity index is 1.57. The normalized spacial score (nSPS) is 27.3. The first kappa shape index (κ1) is 19.2. The molecule has 4 atom stereocenters. The second kappa shape index (κ2) is 8.88. The van der Waals surface area contributed by atoms with Crippen molar-refractivity contribution in [1.82, 2.24) is 0 Å². The SMILES string of the molecule is C=CCCOc1ccc(OCC2CCC3C(CCC)CCC23)c(F)c1F. The van der Waals surface area contributed by atoms with Crippen LogP contribution in [0.15, 0.2) is 24.8 Å². The molecule has 2 aliphatic rings. The first-order valence-electron chi connectivity index (χ1n) is 10.00. The molecule has 3 rings (SSSR count). The molecule has 0 aliphatic heterocycles. The maximum atomic E-state index is 14.3. The molecule has 4 unspecified atom stereocenters. The van der Waals surface area contributed by atoms with Gasteiger partial charge in [0.2, 0.25) is 11.6 Å². The number of hydrogen-bond acceptors (Lipinski definition) is 2. The maximum absolute atomic E-state index is 14.3. The summed E-state index contributed by atoms with van der Waals surface area (Å²) >= 11 is 0. The molecule has 2 aliphatic carbocycles. The summed E-state index contributed by atoms with van der Waals surface area (Å²) in [7, 11) is 0. The van der Waals surface area contributed by atoms with Crippen LogP contribution in [-0.4, -0.2) is 13.2 Å². The molecule has 144 valence electrons. The van der Waals surface area contributed by atoms with E-state index >= 15 is 0 Å². The summed E-state index contributed by atoms with van der Waals surface area (Å²) in [5.74, 6) is 0.822. The number of fused-ring (bicyclic) bond motifs is 1. The summed E-state index contributed by atoms with van der Waals surface area (Å²) in [6.07, 6.45) is 9.81.